The van der Waals surface area contributed by atoms with Gasteiger partial charge in [0.1, 0.15) is 23.4 Å². The maximum atomic E-state index is 13.2. The zero-order chi connectivity index (χ0) is 19.5. The van der Waals surface area contributed by atoms with Crippen LogP contribution in [0.5, 0.6) is 11.5 Å². The van der Waals surface area contributed by atoms with Crippen LogP contribution in [0.3, 0.4) is 0 Å². The SMILES string of the molecule is OCC(O)c1nc(-c2ccccc2Oc2ccc(F)cc2)c2ccccc2n1. The van der Waals surface area contributed by atoms with Gasteiger partial charge in [0.05, 0.1) is 17.8 Å². The molecule has 0 spiro atoms. The number of hydrogen-bond donors (Lipinski definition) is 2. The molecule has 4 aromatic rings. The van der Waals surface area contributed by atoms with E-state index in [0.29, 0.717) is 28.3 Å². The van der Waals surface area contributed by atoms with E-state index in [4.69, 9.17) is 4.74 Å². The average Bonchev–Trinajstić information content (AvgIpc) is 2.74. The summed E-state index contributed by atoms with van der Waals surface area (Å²) in [6.45, 7) is -0.481. The van der Waals surface area contributed by atoms with Crippen molar-refractivity contribution in [3.8, 4) is 22.8 Å². The third-order valence-electron chi connectivity index (χ3n) is 4.28. The van der Waals surface area contributed by atoms with Crippen LogP contribution in [0.4, 0.5) is 4.39 Å². The van der Waals surface area contributed by atoms with Gasteiger partial charge in [-0.3, -0.25) is 0 Å². The maximum Gasteiger partial charge on any atom is 0.160 e. The molecule has 0 saturated carbocycles. The Morgan fingerprint density at radius 2 is 1.61 bits per heavy atom. The number of aliphatic hydroxyl groups excluding tert-OH is 2. The van der Waals surface area contributed by atoms with Crippen LogP contribution >= 0.6 is 0 Å². The predicted molar refractivity (Wildman–Crippen MR) is 103 cm³/mol. The Morgan fingerprint density at radius 3 is 2.39 bits per heavy atom. The van der Waals surface area contributed by atoms with E-state index < -0.39 is 12.7 Å². The van der Waals surface area contributed by atoms with E-state index >= 15 is 0 Å². The third kappa shape index (κ3) is 3.55. The summed E-state index contributed by atoms with van der Waals surface area (Å²) >= 11 is 0. The minimum atomic E-state index is -1.19. The highest BCUT2D eigenvalue weighted by Gasteiger charge is 2.17. The van der Waals surface area contributed by atoms with Crippen molar-refractivity contribution in [2.45, 2.75) is 6.10 Å². The summed E-state index contributed by atoms with van der Waals surface area (Å²) < 4.78 is 19.1. The van der Waals surface area contributed by atoms with Crippen molar-refractivity contribution in [2.24, 2.45) is 0 Å². The van der Waals surface area contributed by atoms with Crippen LogP contribution in [0, 0.1) is 5.82 Å². The molecule has 140 valence electrons. The lowest BCUT2D eigenvalue weighted by molar-refractivity contribution is 0.0890. The zero-order valence-electron chi connectivity index (χ0n) is 14.8. The zero-order valence-corrected chi connectivity index (χ0v) is 14.8. The second kappa shape index (κ2) is 7.72. The van der Waals surface area contributed by atoms with Gasteiger partial charge in [-0.25, -0.2) is 14.4 Å². The molecule has 0 aliphatic heterocycles. The molecule has 0 amide bonds. The number of ether oxygens (including phenoxy) is 1. The Morgan fingerprint density at radius 1 is 0.893 bits per heavy atom. The minimum absolute atomic E-state index is 0.132. The fourth-order valence-corrected chi connectivity index (χ4v) is 2.91. The molecule has 0 saturated heterocycles. The van der Waals surface area contributed by atoms with Crippen molar-refractivity contribution in [1.82, 2.24) is 9.97 Å². The molecule has 0 aliphatic rings. The van der Waals surface area contributed by atoms with Gasteiger partial charge < -0.3 is 14.9 Å². The maximum absolute atomic E-state index is 13.2. The molecule has 1 heterocycles. The normalized spacial score (nSPS) is 12.1. The van der Waals surface area contributed by atoms with Crippen molar-refractivity contribution >= 4 is 10.9 Å². The van der Waals surface area contributed by atoms with E-state index in [1.54, 1.807) is 18.2 Å². The van der Waals surface area contributed by atoms with Crippen LogP contribution in [0.25, 0.3) is 22.2 Å². The molecular formula is C22H17FN2O3. The summed E-state index contributed by atoms with van der Waals surface area (Å²) in [5.41, 5.74) is 1.91. The highest BCUT2D eigenvalue weighted by molar-refractivity contribution is 5.93. The topological polar surface area (TPSA) is 75.5 Å². The first kappa shape index (κ1) is 18.0. The predicted octanol–water partition coefficient (Wildman–Crippen LogP) is 4.25. The van der Waals surface area contributed by atoms with Crippen LogP contribution in [0.15, 0.2) is 72.8 Å². The molecule has 0 fully saturated rings. The molecule has 2 N–H and O–H groups in total. The molecule has 1 aromatic heterocycles. The van der Waals surface area contributed by atoms with Crippen LogP contribution in [-0.2, 0) is 0 Å². The first-order valence-electron chi connectivity index (χ1n) is 8.74. The number of halogens is 1. The number of rotatable bonds is 5. The van der Waals surface area contributed by atoms with Crippen molar-refractivity contribution in [1.29, 1.82) is 0 Å². The lowest BCUT2D eigenvalue weighted by Crippen LogP contribution is -2.09. The van der Waals surface area contributed by atoms with Gasteiger partial charge in [-0.2, -0.15) is 0 Å². The van der Waals surface area contributed by atoms with Gasteiger partial charge in [0, 0.05) is 10.9 Å². The van der Waals surface area contributed by atoms with E-state index in [9.17, 15) is 14.6 Å². The second-order valence-corrected chi connectivity index (χ2v) is 6.20. The molecule has 1 atom stereocenters. The Bertz CT molecular complexity index is 1120. The molecule has 0 aliphatic carbocycles. The highest BCUT2D eigenvalue weighted by atomic mass is 19.1. The second-order valence-electron chi connectivity index (χ2n) is 6.20. The summed E-state index contributed by atoms with van der Waals surface area (Å²) in [7, 11) is 0. The lowest BCUT2D eigenvalue weighted by Gasteiger charge is -2.15. The van der Waals surface area contributed by atoms with Gasteiger partial charge in [-0.15, -0.1) is 0 Å². The molecule has 6 heteroatoms. The smallest absolute Gasteiger partial charge is 0.160 e. The Hall–Kier alpha value is -3.35. The third-order valence-corrected chi connectivity index (χ3v) is 4.28. The fraction of sp³-hybridized carbons (Fsp3) is 0.0909. The Kier molecular flexibility index (Phi) is 4.97. The number of nitrogens with zero attached hydrogens (tertiary/aromatic N) is 2. The number of benzene rings is 3. The highest BCUT2D eigenvalue weighted by Crippen LogP contribution is 2.36. The molecular weight excluding hydrogens is 359 g/mol. The number of aliphatic hydroxyl groups is 2. The van der Waals surface area contributed by atoms with Crippen LogP contribution < -0.4 is 4.74 Å². The van der Waals surface area contributed by atoms with E-state index in [0.717, 1.165) is 5.39 Å². The number of hydrogen-bond acceptors (Lipinski definition) is 5. The average molecular weight is 376 g/mol. The Labute approximate surface area is 160 Å². The molecule has 0 radical (unpaired) electrons. The molecule has 1 unspecified atom stereocenters. The minimum Gasteiger partial charge on any atom is -0.457 e. The van der Waals surface area contributed by atoms with Gasteiger partial charge in [-0.1, -0.05) is 30.3 Å². The molecule has 28 heavy (non-hydrogen) atoms. The molecule has 4 rings (SSSR count). The van der Waals surface area contributed by atoms with Gasteiger partial charge >= 0.3 is 0 Å². The van der Waals surface area contributed by atoms with Crippen molar-refractivity contribution in [2.75, 3.05) is 6.61 Å². The van der Waals surface area contributed by atoms with Crippen LogP contribution in [0.1, 0.15) is 11.9 Å². The van der Waals surface area contributed by atoms with Crippen LogP contribution in [0.2, 0.25) is 0 Å². The summed E-state index contributed by atoms with van der Waals surface area (Å²) in [6.07, 6.45) is -1.19. The molecule has 5 nitrogen and oxygen atoms in total. The van der Waals surface area contributed by atoms with E-state index in [2.05, 4.69) is 9.97 Å². The summed E-state index contributed by atoms with van der Waals surface area (Å²) in [6, 6.07) is 20.5. The first-order chi connectivity index (χ1) is 13.7. The number of aromatic nitrogens is 2. The summed E-state index contributed by atoms with van der Waals surface area (Å²) in [5, 5.41) is 20.1. The van der Waals surface area contributed by atoms with Gasteiger partial charge in [0.25, 0.3) is 0 Å². The van der Waals surface area contributed by atoms with Gasteiger partial charge in [0.15, 0.2) is 5.82 Å². The Balaban J connectivity index is 1.87. The standard InChI is InChI=1S/C22H17FN2O3/c23-14-9-11-15(12-10-14)28-20-8-4-2-6-17(20)21-16-5-1-3-7-18(16)24-22(25-21)19(27)13-26/h1-12,19,26-27H,13H2. The van der Waals surface area contributed by atoms with Crippen LogP contribution in [-0.4, -0.2) is 26.8 Å². The number of fused-ring (bicyclic) bond motifs is 1. The van der Waals surface area contributed by atoms with Gasteiger partial charge in [0.2, 0.25) is 0 Å². The van der Waals surface area contributed by atoms with Crippen molar-refractivity contribution in [3.63, 3.8) is 0 Å². The quantitative estimate of drug-likeness (QED) is 0.544. The largest absolute Gasteiger partial charge is 0.457 e. The summed E-state index contributed by atoms with van der Waals surface area (Å²) in [4.78, 5) is 8.85. The van der Waals surface area contributed by atoms with E-state index in [1.165, 1.54) is 12.1 Å². The van der Waals surface area contributed by atoms with Crippen molar-refractivity contribution < 1.29 is 19.3 Å². The number of para-hydroxylation sites is 2. The first-order valence-corrected chi connectivity index (χ1v) is 8.74. The van der Waals surface area contributed by atoms with E-state index in [-0.39, 0.29) is 11.6 Å². The molecule has 0 bridgehead atoms. The lowest BCUT2D eigenvalue weighted by atomic mass is 10.0. The monoisotopic (exact) mass is 376 g/mol. The summed E-state index contributed by atoms with van der Waals surface area (Å²) in [5.74, 6) is 0.808. The van der Waals surface area contributed by atoms with E-state index in [1.807, 2.05) is 42.5 Å². The fourth-order valence-electron chi connectivity index (χ4n) is 2.91. The molecule has 3 aromatic carbocycles. The van der Waals surface area contributed by atoms with Crippen molar-refractivity contribution in [3.05, 3.63) is 84.4 Å². The van der Waals surface area contributed by atoms with Gasteiger partial charge in [-0.05, 0) is 42.5 Å².